The van der Waals surface area contributed by atoms with Gasteiger partial charge in [-0.1, -0.05) is 48.5 Å². The van der Waals surface area contributed by atoms with Crippen molar-refractivity contribution >= 4 is 29.7 Å². The molecule has 3 aromatic rings. The number of carbonyl (C=O) groups is 2. The number of carboxylic acids is 1. The van der Waals surface area contributed by atoms with Crippen molar-refractivity contribution in [3.05, 3.63) is 59.8 Å². The average Bonchev–Trinajstić information content (AvgIpc) is 3.46. The molecule has 1 fully saturated rings. The molecular weight excluding hydrogens is 388 g/mol. The maximum absolute atomic E-state index is 11.5. The molecule has 0 amide bonds. The van der Waals surface area contributed by atoms with Gasteiger partial charge in [0, 0.05) is 7.05 Å². The Morgan fingerprint density at radius 2 is 1.55 bits per heavy atom. The third-order valence-corrected chi connectivity index (χ3v) is 6.18. The first kappa shape index (κ1) is 20.5. The fraction of sp³-hybridized carbons (Fsp3) is 0.227. The van der Waals surface area contributed by atoms with E-state index in [1.165, 1.54) is 11.5 Å². The van der Waals surface area contributed by atoms with Crippen molar-refractivity contribution in [2.45, 2.75) is 25.2 Å². The lowest BCUT2D eigenvalue weighted by Crippen LogP contribution is -2.19. The third kappa shape index (κ3) is 4.00. The average molecular weight is 410 g/mol. The largest absolute Gasteiger partial charge is 0.483 e. The Morgan fingerprint density at radius 3 is 2.00 bits per heavy atom. The zero-order valence-corrected chi connectivity index (χ0v) is 17.0. The molecule has 0 aliphatic heterocycles. The number of benzene rings is 2. The molecule has 2 aromatic carbocycles. The number of carboxylic acid groups (broad SMARTS) is 2. The van der Waals surface area contributed by atoms with Crippen LogP contribution >= 0.6 is 11.5 Å². The fourth-order valence-corrected chi connectivity index (χ4v) is 4.31. The second-order valence-corrected chi connectivity index (χ2v) is 7.64. The van der Waals surface area contributed by atoms with Gasteiger partial charge in [0.1, 0.15) is 0 Å². The van der Waals surface area contributed by atoms with Gasteiger partial charge in [-0.25, -0.2) is 0 Å². The van der Waals surface area contributed by atoms with E-state index in [-0.39, 0.29) is 6.47 Å². The molecular formula is C22H22N2O4S. The smallest absolute Gasteiger partial charge is 0.314 e. The molecule has 0 unspecified atom stereocenters. The van der Waals surface area contributed by atoms with Crippen LogP contribution in [0, 0.1) is 6.92 Å². The summed E-state index contributed by atoms with van der Waals surface area (Å²) in [5.74, 6) is -0.713. The minimum Gasteiger partial charge on any atom is -0.483 e. The van der Waals surface area contributed by atoms with E-state index in [0.29, 0.717) is 0 Å². The highest BCUT2D eigenvalue weighted by atomic mass is 32.1. The van der Waals surface area contributed by atoms with Gasteiger partial charge in [0.25, 0.3) is 6.47 Å². The van der Waals surface area contributed by atoms with Crippen molar-refractivity contribution < 1.29 is 19.8 Å². The van der Waals surface area contributed by atoms with E-state index in [0.717, 1.165) is 51.4 Å². The highest BCUT2D eigenvalue weighted by molar-refractivity contribution is 7.10. The van der Waals surface area contributed by atoms with Crippen molar-refractivity contribution in [1.82, 2.24) is 4.37 Å². The highest BCUT2D eigenvalue weighted by Gasteiger charge is 2.51. The Bertz CT molecular complexity index is 1010. The van der Waals surface area contributed by atoms with E-state index in [1.807, 2.05) is 38.2 Å². The number of rotatable bonds is 5. The van der Waals surface area contributed by atoms with Crippen molar-refractivity contribution in [3.8, 4) is 21.6 Å². The van der Waals surface area contributed by atoms with Gasteiger partial charge >= 0.3 is 5.97 Å². The standard InChI is InChI=1S/C21H20N2O2S.CH2O2/c1-13-18(22-2)19(26-23-13)16-5-3-14(4-6-16)15-7-9-17(10-8-15)21(11-12-21)20(24)25;2-1-3/h3-10,22H,11-12H2,1-2H3,(H,24,25);1H,(H,2,3). The molecule has 4 rings (SSSR count). The molecule has 29 heavy (non-hydrogen) atoms. The molecule has 1 aliphatic carbocycles. The number of aromatic nitrogens is 1. The molecule has 0 radical (unpaired) electrons. The molecule has 3 N–H and O–H groups in total. The number of nitrogens with zero attached hydrogens (tertiary/aromatic N) is 1. The third-order valence-electron chi connectivity index (χ3n) is 5.19. The summed E-state index contributed by atoms with van der Waals surface area (Å²) in [4.78, 5) is 21.0. The molecule has 150 valence electrons. The molecule has 1 aliphatic rings. The van der Waals surface area contributed by atoms with Crippen LogP contribution in [0.2, 0.25) is 0 Å². The molecule has 0 atom stereocenters. The zero-order chi connectivity index (χ0) is 21.0. The maximum atomic E-state index is 11.5. The monoisotopic (exact) mass is 410 g/mol. The van der Waals surface area contributed by atoms with E-state index >= 15 is 0 Å². The second kappa shape index (κ2) is 8.45. The van der Waals surface area contributed by atoms with E-state index in [4.69, 9.17) is 9.90 Å². The van der Waals surface area contributed by atoms with Gasteiger partial charge in [0.05, 0.1) is 21.7 Å². The number of nitrogens with one attached hydrogen (secondary N) is 1. The Morgan fingerprint density at radius 1 is 1.07 bits per heavy atom. The molecule has 0 spiro atoms. The van der Waals surface area contributed by atoms with E-state index < -0.39 is 11.4 Å². The second-order valence-electron chi connectivity index (χ2n) is 6.87. The minimum atomic E-state index is -0.713. The Labute approximate surface area is 173 Å². The predicted octanol–water partition coefficient (Wildman–Crippen LogP) is 4.64. The highest BCUT2D eigenvalue weighted by Crippen LogP contribution is 2.48. The first-order chi connectivity index (χ1) is 14.0. The summed E-state index contributed by atoms with van der Waals surface area (Å²) in [6.07, 6.45) is 1.47. The normalized spacial score (nSPS) is 13.7. The van der Waals surface area contributed by atoms with Gasteiger partial charge < -0.3 is 15.5 Å². The van der Waals surface area contributed by atoms with Gasteiger partial charge in [-0.2, -0.15) is 4.37 Å². The van der Waals surface area contributed by atoms with Crippen LogP contribution in [0.3, 0.4) is 0 Å². The summed E-state index contributed by atoms with van der Waals surface area (Å²) < 4.78 is 4.43. The van der Waals surface area contributed by atoms with Crippen molar-refractivity contribution in [2.24, 2.45) is 0 Å². The van der Waals surface area contributed by atoms with Crippen molar-refractivity contribution in [3.63, 3.8) is 0 Å². The number of anilines is 1. The lowest BCUT2D eigenvalue weighted by Gasteiger charge is -2.11. The van der Waals surface area contributed by atoms with Gasteiger partial charge in [0.2, 0.25) is 0 Å². The van der Waals surface area contributed by atoms with E-state index in [1.54, 1.807) is 0 Å². The number of hydrogen-bond donors (Lipinski definition) is 3. The fourth-order valence-electron chi connectivity index (χ4n) is 3.41. The summed E-state index contributed by atoms with van der Waals surface area (Å²) in [6, 6.07) is 16.4. The summed E-state index contributed by atoms with van der Waals surface area (Å²) in [6.45, 7) is 1.76. The zero-order valence-electron chi connectivity index (χ0n) is 16.2. The molecule has 0 bridgehead atoms. The van der Waals surface area contributed by atoms with Crippen LogP contribution in [0.25, 0.3) is 21.6 Å². The quantitative estimate of drug-likeness (QED) is 0.530. The van der Waals surface area contributed by atoms with Gasteiger partial charge in [-0.15, -0.1) is 0 Å². The van der Waals surface area contributed by atoms with E-state index in [2.05, 4.69) is 34.0 Å². The van der Waals surface area contributed by atoms with Gasteiger partial charge in [0.15, 0.2) is 0 Å². The summed E-state index contributed by atoms with van der Waals surface area (Å²) in [5, 5.41) is 19.5. The lowest BCUT2D eigenvalue weighted by molar-refractivity contribution is -0.140. The van der Waals surface area contributed by atoms with Crippen LogP contribution in [0.4, 0.5) is 5.69 Å². The van der Waals surface area contributed by atoms with Gasteiger partial charge in [-0.3, -0.25) is 9.59 Å². The van der Waals surface area contributed by atoms with Gasteiger partial charge in [-0.05, 0) is 53.6 Å². The molecule has 1 saturated carbocycles. The summed E-state index contributed by atoms with van der Waals surface area (Å²) in [7, 11) is 1.92. The summed E-state index contributed by atoms with van der Waals surface area (Å²) in [5.41, 5.74) is 5.71. The number of aryl methyl sites for hydroxylation is 1. The molecule has 0 saturated heterocycles. The molecule has 1 aromatic heterocycles. The minimum absolute atomic E-state index is 0.250. The number of aliphatic carboxylic acids is 1. The maximum Gasteiger partial charge on any atom is 0.314 e. The SMILES string of the molecule is CNc1c(C)nsc1-c1ccc(-c2ccc(C3(C(=O)O)CC3)cc2)cc1.O=CO. The lowest BCUT2D eigenvalue weighted by atomic mass is 9.93. The topological polar surface area (TPSA) is 99.5 Å². The van der Waals surface area contributed by atoms with Crippen molar-refractivity contribution in [1.29, 1.82) is 0 Å². The summed E-state index contributed by atoms with van der Waals surface area (Å²) >= 11 is 1.50. The van der Waals surface area contributed by atoms with Crippen LogP contribution in [-0.2, 0) is 15.0 Å². The first-order valence-electron chi connectivity index (χ1n) is 9.13. The van der Waals surface area contributed by atoms with Crippen LogP contribution in [0.5, 0.6) is 0 Å². The van der Waals surface area contributed by atoms with Crippen LogP contribution in [-0.4, -0.2) is 34.1 Å². The molecule has 6 nitrogen and oxygen atoms in total. The number of hydrogen-bond acceptors (Lipinski definition) is 5. The molecule has 7 heteroatoms. The van der Waals surface area contributed by atoms with Crippen molar-refractivity contribution in [2.75, 3.05) is 12.4 Å². The van der Waals surface area contributed by atoms with Crippen LogP contribution < -0.4 is 5.32 Å². The molecule has 1 heterocycles. The Kier molecular flexibility index (Phi) is 5.98. The predicted molar refractivity (Wildman–Crippen MR) is 115 cm³/mol. The van der Waals surface area contributed by atoms with Crippen LogP contribution in [0.15, 0.2) is 48.5 Å². The Hall–Kier alpha value is -3.19. The first-order valence-corrected chi connectivity index (χ1v) is 9.91. The van der Waals surface area contributed by atoms with E-state index in [9.17, 15) is 9.90 Å². The Balaban J connectivity index is 0.000000755. The van der Waals surface area contributed by atoms with Crippen LogP contribution in [0.1, 0.15) is 24.1 Å².